The lowest BCUT2D eigenvalue weighted by molar-refractivity contribution is 0.434. The first-order valence-corrected chi connectivity index (χ1v) is 5.49. The summed E-state index contributed by atoms with van der Waals surface area (Å²) in [6.45, 7) is 2.03. The van der Waals surface area contributed by atoms with Crippen molar-refractivity contribution in [2.75, 3.05) is 0 Å². The number of hydrogen-bond donors (Lipinski definition) is 2. The van der Waals surface area contributed by atoms with Gasteiger partial charge in [0.2, 0.25) is 0 Å². The van der Waals surface area contributed by atoms with E-state index in [9.17, 15) is 10.2 Å². The first kappa shape index (κ1) is 10.0. The molecule has 0 unspecified atom stereocenters. The first-order valence-electron chi connectivity index (χ1n) is 5.49. The molecule has 0 amide bonds. The molecule has 0 spiro atoms. The van der Waals surface area contributed by atoms with Crippen LogP contribution in [0.3, 0.4) is 0 Å². The Balaban J connectivity index is 2.18. The highest BCUT2D eigenvalue weighted by molar-refractivity contribution is 5.56. The molecule has 0 atom stereocenters. The van der Waals surface area contributed by atoms with Crippen molar-refractivity contribution in [2.45, 2.75) is 12.8 Å². The molecule has 3 heteroatoms. The normalized spacial score (nSPS) is 13.7. The van der Waals surface area contributed by atoms with Crippen molar-refractivity contribution in [2.24, 2.45) is 0 Å². The highest BCUT2D eigenvalue weighted by atomic mass is 16.5. The molecule has 0 saturated heterocycles. The average Bonchev–Trinajstić information content (AvgIpc) is 2.32. The smallest absolute Gasteiger partial charge is 0.131 e. The number of phenolic OH excluding ortho intramolecular Hbond substituents is 2. The van der Waals surface area contributed by atoms with Gasteiger partial charge >= 0.3 is 0 Å². The highest BCUT2D eigenvalue weighted by Crippen LogP contribution is 2.45. The van der Waals surface area contributed by atoms with E-state index >= 15 is 0 Å². The molecule has 1 heterocycles. The molecule has 1 aliphatic heterocycles. The number of fused-ring (bicyclic) bond motifs is 2. The van der Waals surface area contributed by atoms with Gasteiger partial charge in [0.25, 0.3) is 0 Å². The third-order valence-corrected chi connectivity index (χ3v) is 3.14. The molecule has 1 aliphatic rings. The third kappa shape index (κ3) is 1.51. The number of phenols is 2. The van der Waals surface area contributed by atoms with Gasteiger partial charge in [-0.1, -0.05) is 6.92 Å². The van der Waals surface area contributed by atoms with Crippen molar-refractivity contribution in [3.8, 4) is 23.0 Å². The molecule has 3 rings (SSSR count). The van der Waals surface area contributed by atoms with Crippen LogP contribution in [0.2, 0.25) is 0 Å². The van der Waals surface area contributed by atoms with E-state index in [-0.39, 0.29) is 17.4 Å². The van der Waals surface area contributed by atoms with Gasteiger partial charge in [-0.2, -0.15) is 0 Å². The monoisotopic (exact) mass is 228 g/mol. The Morgan fingerprint density at radius 1 is 0.882 bits per heavy atom. The minimum atomic E-state index is 0.0907. The van der Waals surface area contributed by atoms with Gasteiger partial charge in [-0.05, 0) is 36.4 Å². The molecule has 0 bridgehead atoms. The molecular weight excluding hydrogens is 216 g/mol. The fraction of sp³-hybridized carbons (Fsp3) is 0.143. The summed E-state index contributed by atoms with van der Waals surface area (Å²) in [4.78, 5) is 0. The summed E-state index contributed by atoms with van der Waals surface area (Å²) in [5.41, 5.74) is 1.87. The average molecular weight is 228 g/mol. The van der Waals surface area contributed by atoms with Crippen molar-refractivity contribution in [1.82, 2.24) is 0 Å². The molecule has 0 aliphatic carbocycles. The molecule has 86 valence electrons. The van der Waals surface area contributed by atoms with Crippen molar-refractivity contribution in [3.05, 3.63) is 47.5 Å². The van der Waals surface area contributed by atoms with Gasteiger partial charge in [-0.15, -0.1) is 0 Å². The third-order valence-electron chi connectivity index (χ3n) is 3.14. The Kier molecular flexibility index (Phi) is 2.01. The number of ether oxygens (including phenoxy) is 1. The summed E-state index contributed by atoms with van der Waals surface area (Å²) < 4.78 is 5.74. The van der Waals surface area contributed by atoms with Crippen LogP contribution >= 0.6 is 0 Å². The van der Waals surface area contributed by atoms with Crippen LogP contribution in [0.15, 0.2) is 36.4 Å². The summed E-state index contributed by atoms with van der Waals surface area (Å²) >= 11 is 0. The van der Waals surface area contributed by atoms with E-state index in [1.165, 1.54) is 0 Å². The molecule has 0 aromatic heterocycles. The Hall–Kier alpha value is -2.16. The molecule has 0 radical (unpaired) electrons. The summed E-state index contributed by atoms with van der Waals surface area (Å²) in [5.74, 6) is 2.06. The molecule has 2 N–H and O–H groups in total. The van der Waals surface area contributed by atoms with Gasteiger partial charge in [-0.25, -0.2) is 0 Å². The topological polar surface area (TPSA) is 49.7 Å². The maximum atomic E-state index is 9.50. The fourth-order valence-corrected chi connectivity index (χ4v) is 2.22. The van der Waals surface area contributed by atoms with Crippen LogP contribution in [0, 0.1) is 0 Å². The number of benzene rings is 2. The summed E-state index contributed by atoms with van der Waals surface area (Å²) in [6, 6.07) is 10.1. The van der Waals surface area contributed by atoms with Crippen molar-refractivity contribution in [1.29, 1.82) is 0 Å². The second kappa shape index (κ2) is 3.42. The Labute approximate surface area is 98.9 Å². The van der Waals surface area contributed by atoms with E-state index < -0.39 is 0 Å². The lowest BCUT2D eigenvalue weighted by Crippen LogP contribution is -2.07. The molecule has 2 aromatic carbocycles. The van der Waals surface area contributed by atoms with Crippen LogP contribution in [0.5, 0.6) is 23.0 Å². The zero-order valence-corrected chi connectivity index (χ0v) is 9.34. The van der Waals surface area contributed by atoms with Crippen molar-refractivity contribution in [3.63, 3.8) is 0 Å². The summed E-state index contributed by atoms with van der Waals surface area (Å²) in [6.07, 6.45) is 0. The van der Waals surface area contributed by atoms with Gasteiger partial charge in [-0.3, -0.25) is 0 Å². The molecule has 17 heavy (non-hydrogen) atoms. The first-order chi connectivity index (χ1) is 8.15. The molecule has 2 aromatic rings. The summed E-state index contributed by atoms with van der Waals surface area (Å²) in [5, 5.41) is 19.0. The maximum Gasteiger partial charge on any atom is 0.131 e. The molecule has 0 fully saturated rings. The lowest BCUT2D eigenvalue weighted by Gasteiger charge is -2.25. The lowest BCUT2D eigenvalue weighted by atomic mass is 9.89. The van der Waals surface area contributed by atoms with E-state index in [4.69, 9.17) is 4.74 Å². The van der Waals surface area contributed by atoms with Crippen LogP contribution in [0.1, 0.15) is 24.0 Å². The maximum absolute atomic E-state index is 9.50. The molecule has 0 saturated carbocycles. The zero-order valence-electron chi connectivity index (χ0n) is 9.34. The van der Waals surface area contributed by atoms with E-state index in [1.807, 2.05) is 6.92 Å². The van der Waals surface area contributed by atoms with Gasteiger partial charge in [0, 0.05) is 17.0 Å². The number of aromatic hydroxyl groups is 2. The Bertz CT molecular complexity index is 539. The Morgan fingerprint density at radius 2 is 1.35 bits per heavy atom. The molecular formula is C14H12O3. The SMILES string of the molecule is CC1c2cc(O)ccc2Oc2ccc(O)cc21. The second-order valence-electron chi connectivity index (χ2n) is 4.27. The fourth-order valence-electron chi connectivity index (χ4n) is 2.22. The number of hydrogen-bond acceptors (Lipinski definition) is 3. The van der Waals surface area contributed by atoms with Gasteiger partial charge in [0.1, 0.15) is 23.0 Å². The predicted molar refractivity (Wildman–Crippen MR) is 63.8 cm³/mol. The summed E-state index contributed by atoms with van der Waals surface area (Å²) in [7, 11) is 0. The molecule has 3 nitrogen and oxygen atoms in total. The minimum Gasteiger partial charge on any atom is -0.508 e. The highest BCUT2D eigenvalue weighted by Gasteiger charge is 2.24. The van der Waals surface area contributed by atoms with E-state index in [0.29, 0.717) is 0 Å². The number of rotatable bonds is 0. The predicted octanol–water partition coefficient (Wildman–Crippen LogP) is 3.36. The van der Waals surface area contributed by atoms with Crippen LogP contribution in [0.4, 0.5) is 0 Å². The standard InChI is InChI=1S/C14H12O3/c1-8-11-6-9(15)2-4-13(11)17-14-5-3-10(16)7-12(8)14/h2-8,15-16H,1H3. The van der Waals surface area contributed by atoms with E-state index in [1.54, 1.807) is 36.4 Å². The van der Waals surface area contributed by atoms with Crippen LogP contribution < -0.4 is 4.74 Å². The van der Waals surface area contributed by atoms with Crippen LogP contribution in [0.25, 0.3) is 0 Å². The quantitative estimate of drug-likeness (QED) is 0.727. The van der Waals surface area contributed by atoms with Crippen molar-refractivity contribution >= 4 is 0 Å². The van der Waals surface area contributed by atoms with Gasteiger partial charge in [0.05, 0.1) is 0 Å². The van der Waals surface area contributed by atoms with Crippen LogP contribution in [-0.2, 0) is 0 Å². The van der Waals surface area contributed by atoms with E-state index in [0.717, 1.165) is 22.6 Å². The van der Waals surface area contributed by atoms with Crippen LogP contribution in [-0.4, -0.2) is 10.2 Å². The minimum absolute atomic E-state index is 0.0907. The largest absolute Gasteiger partial charge is 0.508 e. The zero-order chi connectivity index (χ0) is 12.0. The van der Waals surface area contributed by atoms with E-state index in [2.05, 4.69) is 0 Å². The van der Waals surface area contributed by atoms with Gasteiger partial charge in [0.15, 0.2) is 0 Å². The Morgan fingerprint density at radius 3 is 1.82 bits per heavy atom. The second-order valence-corrected chi connectivity index (χ2v) is 4.27. The van der Waals surface area contributed by atoms with Gasteiger partial charge < -0.3 is 14.9 Å². The van der Waals surface area contributed by atoms with Crippen molar-refractivity contribution < 1.29 is 14.9 Å².